The zero-order chi connectivity index (χ0) is 3.41. The largest absolute Gasteiger partial charge is 0.254 e. The summed E-state index contributed by atoms with van der Waals surface area (Å²) in [6.45, 7) is 0. The summed E-state index contributed by atoms with van der Waals surface area (Å²) in [5.41, 5.74) is 0. The van der Waals surface area contributed by atoms with Gasteiger partial charge >= 0.3 is 0 Å². The zero-order valence-corrected chi connectivity index (χ0v) is 3.72. The van der Waals surface area contributed by atoms with Crippen molar-refractivity contribution in [3.63, 3.8) is 0 Å². The number of rotatable bonds is 1. The van der Waals surface area contributed by atoms with Crippen LogP contribution in [0.3, 0.4) is 0 Å². The van der Waals surface area contributed by atoms with Crippen molar-refractivity contribution in [2.45, 2.75) is 0 Å². The number of hydrogen-bond acceptors (Lipinski definition) is 0. The average molecular weight is 96.6 g/mol. The molecule has 0 heterocycles. The molecule has 0 saturated carbocycles. The third kappa shape index (κ3) is 2.44. The molecule has 3 heteroatoms. The summed E-state index contributed by atoms with van der Waals surface area (Å²) >= 11 is 4.84. The Morgan fingerprint density at radius 2 is 2.25 bits per heavy atom. The van der Waals surface area contributed by atoms with Crippen LogP contribution in [0.15, 0.2) is 0 Å². The van der Waals surface area contributed by atoms with Crippen molar-refractivity contribution in [1.82, 2.24) is 0 Å². The van der Waals surface area contributed by atoms with E-state index in [1.165, 1.54) is 0 Å². The summed E-state index contributed by atoms with van der Waals surface area (Å²) < 4.78 is 10.6. The highest BCUT2D eigenvalue weighted by Crippen LogP contribution is 1.64. The van der Waals surface area contributed by atoms with E-state index in [9.17, 15) is 4.39 Å². The molecule has 0 aromatic heterocycles. The van der Waals surface area contributed by atoms with E-state index in [-0.39, 0.29) is 15.1 Å². The predicted octanol–water partition coefficient (Wildman–Crippen LogP) is 0.771. The Balaban J connectivity index is 1.97. The van der Waals surface area contributed by atoms with Crippen molar-refractivity contribution in [3.05, 3.63) is 0 Å². The van der Waals surface area contributed by atoms with Gasteiger partial charge in [-0.25, -0.2) is 0 Å². The molecular weight excluding hydrogens is 94.5 g/mol. The third-order valence-corrected chi connectivity index (χ3v) is 0.455. The fourth-order valence-electron chi connectivity index (χ4n) is 0. The van der Waals surface area contributed by atoms with Crippen LogP contribution in [0.4, 0.5) is 4.39 Å². The molecule has 0 aliphatic carbocycles. The van der Waals surface area contributed by atoms with E-state index in [0.717, 1.165) is 0 Å². The molecule has 0 nitrogen and oxygen atoms in total. The Hall–Kier alpha value is 0.437. The fraction of sp³-hybridized carbons (Fsp3) is 1.00. The Morgan fingerprint density at radius 3 is 2.25 bits per heavy atom. The maximum Gasteiger partial charge on any atom is 0.209 e. The van der Waals surface area contributed by atoms with E-state index >= 15 is 0 Å². The van der Waals surface area contributed by atoms with Crippen LogP contribution in [-0.2, 0) is 0 Å². The quantitative estimate of drug-likeness (QED) is 0.334. The average Bonchev–Trinajstić information content (AvgIpc) is 1.37. The molecule has 0 saturated heterocycles. The molecule has 0 aliphatic heterocycles. The van der Waals surface area contributed by atoms with Crippen molar-refractivity contribution in [1.29, 1.82) is 0 Å². The normalized spacial score (nSPS) is 7.50. The lowest BCUT2D eigenvalue weighted by Gasteiger charge is -1.58. The molecule has 24 valence electrons. The van der Waals surface area contributed by atoms with Crippen molar-refractivity contribution < 1.29 is 4.39 Å². The maximum absolute atomic E-state index is 10.6. The molecule has 0 fully saturated rings. The van der Waals surface area contributed by atoms with Crippen LogP contribution in [0.2, 0.25) is 0 Å². The molecule has 0 N–H and O–H groups in total. The second-order valence-corrected chi connectivity index (χ2v) is 1.60. The Morgan fingerprint density at radius 1 is 2.00 bits per heavy atom. The molecule has 0 amide bonds. The SMILES string of the molecule is FC[Si]Cl. The van der Waals surface area contributed by atoms with Gasteiger partial charge in [0.1, 0.15) is 0 Å². The number of halogens is 2. The summed E-state index contributed by atoms with van der Waals surface area (Å²) in [4.78, 5) is 0. The van der Waals surface area contributed by atoms with Gasteiger partial charge in [0, 0.05) is 0 Å². The van der Waals surface area contributed by atoms with Crippen LogP contribution in [0.5, 0.6) is 0 Å². The summed E-state index contributed by atoms with van der Waals surface area (Å²) in [5, 5.41) is 0. The van der Waals surface area contributed by atoms with Gasteiger partial charge in [-0.2, -0.15) is 11.1 Å². The molecule has 4 heavy (non-hydrogen) atoms. The molecule has 0 aliphatic rings. The molecule has 0 aromatic carbocycles. The van der Waals surface area contributed by atoms with Gasteiger partial charge in [0.05, 0.1) is 6.30 Å². The van der Waals surface area contributed by atoms with Gasteiger partial charge < -0.3 is 0 Å². The van der Waals surface area contributed by atoms with Crippen LogP contribution < -0.4 is 0 Å². The lowest BCUT2D eigenvalue weighted by Crippen LogP contribution is -1.73. The smallest absolute Gasteiger partial charge is 0.209 e. The molecule has 0 atom stereocenters. The minimum atomic E-state index is -0.387. The van der Waals surface area contributed by atoms with Crippen LogP contribution >= 0.6 is 11.1 Å². The van der Waals surface area contributed by atoms with Crippen LogP contribution in [0, 0.1) is 0 Å². The van der Waals surface area contributed by atoms with E-state index in [4.69, 9.17) is 11.1 Å². The number of hydrogen-bond donors (Lipinski definition) is 0. The third-order valence-electron chi connectivity index (χ3n) is 0.0505. The van der Waals surface area contributed by atoms with Gasteiger partial charge in [0.2, 0.25) is 8.83 Å². The first-order chi connectivity index (χ1) is 1.91. The van der Waals surface area contributed by atoms with Crippen LogP contribution in [0.25, 0.3) is 0 Å². The van der Waals surface area contributed by atoms with E-state index in [1.54, 1.807) is 0 Å². The second-order valence-electron chi connectivity index (χ2n) is 0.267. The first-order valence-electron chi connectivity index (χ1n) is 0.810. The van der Waals surface area contributed by atoms with Crippen LogP contribution in [0.1, 0.15) is 0 Å². The van der Waals surface area contributed by atoms with Crippen molar-refractivity contribution in [3.8, 4) is 0 Å². The lowest BCUT2D eigenvalue weighted by atomic mass is 11.8. The monoisotopic (exact) mass is 96.0 g/mol. The summed E-state index contributed by atoms with van der Waals surface area (Å²) in [6, 6.07) is 0. The standard InChI is InChI=1S/CH2ClFSi/c2-4-1-3/h1H2. The highest BCUT2D eigenvalue weighted by Gasteiger charge is 1.68. The molecule has 0 bridgehead atoms. The predicted molar refractivity (Wildman–Crippen MR) is 17.6 cm³/mol. The van der Waals surface area contributed by atoms with E-state index in [1.807, 2.05) is 0 Å². The minimum Gasteiger partial charge on any atom is -0.254 e. The zero-order valence-electron chi connectivity index (χ0n) is 1.96. The van der Waals surface area contributed by atoms with Crippen LogP contribution in [-0.4, -0.2) is 15.1 Å². The van der Waals surface area contributed by atoms with Crippen molar-refractivity contribution >= 4 is 19.9 Å². The number of alkyl halides is 1. The molecule has 0 spiro atoms. The van der Waals surface area contributed by atoms with E-state index in [0.29, 0.717) is 0 Å². The van der Waals surface area contributed by atoms with Gasteiger partial charge in [-0.15, -0.1) is 0 Å². The van der Waals surface area contributed by atoms with E-state index < -0.39 is 0 Å². The van der Waals surface area contributed by atoms with Crippen molar-refractivity contribution in [2.24, 2.45) is 0 Å². The lowest BCUT2D eigenvalue weighted by molar-refractivity contribution is 0.597. The van der Waals surface area contributed by atoms with E-state index in [2.05, 4.69) is 0 Å². The van der Waals surface area contributed by atoms with Gasteiger partial charge in [-0.05, 0) is 0 Å². The second kappa shape index (κ2) is 3.44. The minimum absolute atomic E-state index is 0.0540. The van der Waals surface area contributed by atoms with Gasteiger partial charge in [-0.3, -0.25) is 4.39 Å². The molecule has 0 unspecified atom stereocenters. The first kappa shape index (κ1) is 4.44. The van der Waals surface area contributed by atoms with Gasteiger partial charge in [-0.1, -0.05) is 0 Å². The van der Waals surface area contributed by atoms with Gasteiger partial charge in [0.25, 0.3) is 0 Å². The highest BCUT2D eigenvalue weighted by atomic mass is 35.6. The Kier molecular flexibility index (Phi) is 3.81. The molecule has 2 radical (unpaired) electrons. The topological polar surface area (TPSA) is 0 Å². The molecular formula is CH2ClFSi. The molecule has 0 aromatic rings. The van der Waals surface area contributed by atoms with Gasteiger partial charge in [0.15, 0.2) is 0 Å². The highest BCUT2D eigenvalue weighted by molar-refractivity contribution is 6.93. The maximum atomic E-state index is 10.6. The summed E-state index contributed by atoms with van der Waals surface area (Å²) in [6.07, 6.45) is -0.387. The summed E-state index contributed by atoms with van der Waals surface area (Å²) in [7, 11) is -0.0540. The molecule has 0 rings (SSSR count). The van der Waals surface area contributed by atoms with Crippen molar-refractivity contribution in [2.75, 3.05) is 6.30 Å². The fourth-order valence-corrected chi connectivity index (χ4v) is 0. The Labute approximate surface area is 31.5 Å². The summed E-state index contributed by atoms with van der Waals surface area (Å²) in [5.74, 6) is 0. The first-order valence-corrected chi connectivity index (χ1v) is 3.03. The Bertz CT molecular complexity index is 10.0.